The molecule has 0 bridgehead atoms. The average molecular weight is 424 g/mol. The highest BCUT2D eigenvalue weighted by Crippen LogP contribution is 2.20. The predicted octanol–water partition coefficient (Wildman–Crippen LogP) is 2.02. The maximum absolute atomic E-state index is 12.1. The molecule has 0 spiro atoms. The van der Waals surface area contributed by atoms with Crippen molar-refractivity contribution in [2.24, 2.45) is 20.0 Å². The lowest BCUT2D eigenvalue weighted by Crippen LogP contribution is -2.16. The zero-order valence-corrected chi connectivity index (χ0v) is 17.3. The van der Waals surface area contributed by atoms with E-state index in [0.29, 0.717) is 22.0 Å². The second-order valence-corrected chi connectivity index (χ2v) is 7.25. The molecular weight excluding hydrogens is 400 g/mol. The van der Waals surface area contributed by atoms with Crippen molar-refractivity contribution in [2.75, 3.05) is 13.2 Å². The average Bonchev–Trinajstić information content (AvgIpc) is 3.32. The van der Waals surface area contributed by atoms with Gasteiger partial charge in [0, 0.05) is 68.4 Å². The van der Waals surface area contributed by atoms with Crippen LogP contribution in [-0.2, 0) is 14.1 Å². The number of hydrogen-bond acceptors (Lipinski definition) is 6. The van der Waals surface area contributed by atoms with Gasteiger partial charge in [0.2, 0.25) is 0 Å². The summed E-state index contributed by atoms with van der Waals surface area (Å²) in [6.45, 7) is -0.378. The Bertz CT molecular complexity index is 1220. The summed E-state index contributed by atoms with van der Waals surface area (Å²) < 4.78 is 3.27. The summed E-state index contributed by atoms with van der Waals surface area (Å²) in [6, 6.07) is 10.4. The van der Waals surface area contributed by atoms with Crippen molar-refractivity contribution < 1.29 is 24.9 Å². The summed E-state index contributed by atoms with van der Waals surface area (Å²) in [4.78, 5) is 22.9. The number of ketones is 1. The quantitative estimate of drug-likeness (QED) is 0.404. The van der Waals surface area contributed by atoms with Gasteiger partial charge in [-0.15, -0.1) is 0 Å². The molecule has 162 valence electrons. The third-order valence-corrected chi connectivity index (χ3v) is 4.85. The first kappa shape index (κ1) is 22.1. The molecule has 0 saturated carbocycles. The van der Waals surface area contributed by atoms with Crippen LogP contribution in [0.3, 0.4) is 0 Å². The van der Waals surface area contributed by atoms with E-state index >= 15 is 0 Å². The minimum atomic E-state index is -0.918. The zero-order chi connectivity index (χ0) is 22.5. The molecule has 0 aliphatic rings. The minimum Gasteiger partial charge on any atom is -0.478 e. The molecule has 4 rings (SSSR count). The number of aromatic nitrogens is 4. The van der Waals surface area contributed by atoms with Crippen LogP contribution >= 0.6 is 0 Å². The van der Waals surface area contributed by atoms with Gasteiger partial charge < -0.3 is 15.3 Å². The first-order chi connectivity index (χ1) is 14.8. The molecule has 3 N–H and O–H groups in total. The summed E-state index contributed by atoms with van der Waals surface area (Å²) in [7, 11) is 3.57. The number of aliphatic hydroxyl groups is 2. The van der Waals surface area contributed by atoms with Crippen LogP contribution in [0, 0.1) is 5.92 Å². The van der Waals surface area contributed by atoms with E-state index in [-0.39, 0.29) is 25.4 Å². The molecule has 2 aromatic carbocycles. The van der Waals surface area contributed by atoms with Crippen LogP contribution in [-0.4, -0.2) is 59.8 Å². The summed E-state index contributed by atoms with van der Waals surface area (Å²) in [6.07, 6.45) is 3.65. The van der Waals surface area contributed by atoms with Crippen molar-refractivity contribution in [1.82, 2.24) is 19.6 Å². The van der Waals surface area contributed by atoms with Crippen LogP contribution in [0.2, 0.25) is 0 Å². The van der Waals surface area contributed by atoms with Crippen molar-refractivity contribution in [3.8, 4) is 0 Å². The Hall–Kier alpha value is -3.56. The largest absolute Gasteiger partial charge is 0.478 e. The van der Waals surface area contributed by atoms with E-state index in [0.717, 1.165) is 10.9 Å². The van der Waals surface area contributed by atoms with Crippen LogP contribution in [0.1, 0.15) is 27.1 Å². The first-order valence-electron chi connectivity index (χ1n) is 9.67. The normalized spacial score (nSPS) is 11.0. The molecule has 2 aromatic heterocycles. The van der Waals surface area contributed by atoms with Gasteiger partial charge >= 0.3 is 5.97 Å². The highest BCUT2D eigenvalue weighted by atomic mass is 16.4. The molecule has 0 aliphatic heterocycles. The SMILES string of the molecule is Cn1cc2c(C(=O)CC(CO)CO)cccc2n1.Cn1cc2c(C(=O)O)cccc2n1. The topological polar surface area (TPSA) is 130 Å². The highest BCUT2D eigenvalue weighted by Gasteiger charge is 2.17. The molecule has 0 saturated heterocycles. The smallest absolute Gasteiger partial charge is 0.336 e. The van der Waals surface area contributed by atoms with Gasteiger partial charge in [0.15, 0.2) is 5.78 Å². The summed E-state index contributed by atoms with van der Waals surface area (Å²) in [5.41, 5.74) is 2.37. The number of Topliss-reactive ketones (excluding diaryl/α,β-unsaturated/α-hetero) is 1. The molecule has 0 unspecified atom stereocenters. The molecule has 9 nitrogen and oxygen atoms in total. The van der Waals surface area contributed by atoms with E-state index in [1.165, 1.54) is 0 Å². The van der Waals surface area contributed by atoms with Crippen molar-refractivity contribution in [3.05, 3.63) is 59.9 Å². The number of aromatic carboxylic acids is 1. The third kappa shape index (κ3) is 4.96. The Morgan fingerprint density at radius 2 is 1.35 bits per heavy atom. The molecule has 0 atom stereocenters. The monoisotopic (exact) mass is 424 g/mol. The second kappa shape index (κ2) is 9.50. The number of rotatable bonds is 6. The van der Waals surface area contributed by atoms with Crippen LogP contribution < -0.4 is 0 Å². The lowest BCUT2D eigenvalue weighted by Gasteiger charge is -2.09. The van der Waals surface area contributed by atoms with Crippen molar-refractivity contribution in [3.63, 3.8) is 0 Å². The molecule has 4 aromatic rings. The van der Waals surface area contributed by atoms with Gasteiger partial charge in [-0.05, 0) is 18.2 Å². The van der Waals surface area contributed by atoms with Gasteiger partial charge in [-0.2, -0.15) is 10.2 Å². The number of carboxylic acid groups (broad SMARTS) is 1. The lowest BCUT2D eigenvalue weighted by atomic mass is 9.97. The number of aryl methyl sites for hydroxylation is 2. The molecule has 0 aliphatic carbocycles. The second-order valence-electron chi connectivity index (χ2n) is 7.25. The van der Waals surface area contributed by atoms with E-state index in [1.807, 2.05) is 6.07 Å². The summed E-state index contributed by atoms with van der Waals surface area (Å²) in [5, 5.41) is 36.7. The predicted molar refractivity (Wildman–Crippen MR) is 115 cm³/mol. The summed E-state index contributed by atoms with van der Waals surface area (Å²) >= 11 is 0. The number of carbonyl (C=O) groups excluding carboxylic acids is 1. The van der Waals surface area contributed by atoms with E-state index in [2.05, 4.69) is 10.2 Å². The van der Waals surface area contributed by atoms with Crippen LogP contribution in [0.4, 0.5) is 0 Å². The number of carbonyl (C=O) groups is 2. The maximum atomic E-state index is 12.1. The van der Waals surface area contributed by atoms with E-state index in [9.17, 15) is 9.59 Å². The Kier molecular flexibility index (Phi) is 6.78. The Labute approximate surface area is 178 Å². The van der Waals surface area contributed by atoms with Gasteiger partial charge in [0.1, 0.15) is 0 Å². The van der Waals surface area contributed by atoms with Gasteiger partial charge in [-0.25, -0.2) is 4.79 Å². The number of benzene rings is 2. The molecule has 31 heavy (non-hydrogen) atoms. The zero-order valence-electron chi connectivity index (χ0n) is 17.3. The van der Waals surface area contributed by atoms with Crippen molar-refractivity contribution >= 4 is 33.6 Å². The van der Waals surface area contributed by atoms with E-state index in [4.69, 9.17) is 15.3 Å². The van der Waals surface area contributed by atoms with Crippen LogP contribution in [0.15, 0.2) is 48.8 Å². The summed E-state index contributed by atoms with van der Waals surface area (Å²) in [5.74, 6) is -1.40. The molecule has 0 fully saturated rings. The van der Waals surface area contributed by atoms with Crippen LogP contribution in [0.5, 0.6) is 0 Å². The molecule has 2 heterocycles. The number of hydrogen-bond donors (Lipinski definition) is 3. The first-order valence-corrected chi connectivity index (χ1v) is 9.67. The van der Waals surface area contributed by atoms with Crippen molar-refractivity contribution in [1.29, 1.82) is 0 Å². The molecular formula is C22H24N4O5. The highest BCUT2D eigenvalue weighted by molar-refractivity contribution is 6.07. The number of nitrogens with zero attached hydrogens (tertiary/aromatic N) is 4. The van der Waals surface area contributed by atoms with Crippen LogP contribution in [0.25, 0.3) is 21.8 Å². The Morgan fingerprint density at radius 3 is 1.84 bits per heavy atom. The van der Waals surface area contributed by atoms with Gasteiger partial charge in [-0.1, -0.05) is 18.2 Å². The molecule has 9 heteroatoms. The molecule has 0 amide bonds. The Morgan fingerprint density at radius 1 is 0.871 bits per heavy atom. The fourth-order valence-electron chi connectivity index (χ4n) is 3.31. The van der Waals surface area contributed by atoms with Crippen molar-refractivity contribution in [2.45, 2.75) is 6.42 Å². The van der Waals surface area contributed by atoms with Gasteiger partial charge in [0.05, 0.1) is 16.6 Å². The maximum Gasteiger partial charge on any atom is 0.336 e. The number of fused-ring (bicyclic) bond motifs is 2. The van der Waals surface area contributed by atoms with E-state index in [1.54, 1.807) is 66.2 Å². The fraction of sp³-hybridized carbons (Fsp3) is 0.273. The fourth-order valence-corrected chi connectivity index (χ4v) is 3.31. The standard InChI is InChI=1S/C13H16N2O3.C9H8N2O2/c1-15-6-11-10(3-2-4-12(11)14-15)13(18)5-9(7-16)8-17;1-11-5-7-6(9(12)13)3-2-4-8(7)10-11/h2-4,6,9,16-17H,5,7-8H2,1H3;2-5H,1H3,(H,12,13). The number of carboxylic acids is 1. The van der Waals surface area contributed by atoms with E-state index < -0.39 is 11.9 Å². The minimum absolute atomic E-state index is 0.0818. The Balaban J connectivity index is 0.000000185. The third-order valence-electron chi connectivity index (χ3n) is 4.85. The molecule has 0 radical (unpaired) electrons. The number of aliphatic hydroxyl groups excluding tert-OH is 2. The van der Waals surface area contributed by atoms with Gasteiger partial charge in [-0.3, -0.25) is 14.2 Å². The lowest BCUT2D eigenvalue weighted by molar-refractivity contribution is 0.0698. The van der Waals surface area contributed by atoms with Gasteiger partial charge in [0.25, 0.3) is 0 Å².